The molecule has 0 aliphatic carbocycles. The minimum Gasteiger partial charge on any atom is -0.497 e. The molecule has 30 heavy (non-hydrogen) atoms. The van der Waals surface area contributed by atoms with Crippen molar-refractivity contribution >= 4 is 57.1 Å². The van der Waals surface area contributed by atoms with Gasteiger partial charge in [0, 0.05) is 30.1 Å². The molecule has 0 radical (unpaired) electrons. The maximum atomic E-state index is 12.5. The summed E-state index contributed by atoms with van der Waals surface area (Å²) in [5.41, 5.74) is 2.17. The number of hydrogen-bond donors (Lipinski definition) is 3. The molecule has 2 amide bonds. The molecule has 0 fully saturated rings. The van der Waals surface area contributed by atoms with Crippen LogP contribution in [0.3, 0.4) is 0 Å². The van der Waals surface area contributed by atoms with E-state index in [0.717, 1.165) is 11.4 Å². The lowest BCUT2D eigenvalue weighted by Gasteiger charge is -2.11. The van der Waals surface area contributed by atoms with Crippen LogP contribution in [0.4, 0.5) is 22.2 Å². The van der Waals surface area contributed by atoms with E-state index in [1.807, 2.05) is 31.2 Å². The number of thioether (sulfide) groups is 1. The first-order valence-electron chi connectivity index (χ1n) is 9.02. The van der Waals surface area contributed by atoms with E-state index in [9.17, 15) is 9.59 Å². The lowest BCUT2D eigenvalue weighted by atomic mass is 10.2. The van der Waals surface area contributed by atoms with Gasteiger partial charge in [-0.05, 0) is 43.3 Å². The summed E-state index contributed by atoms with van der Waals surface area (Å²) in [5.74, 6) is 0.452. The number of amides is 2. The van der Waals surface area contributed by atoms with E-state index in [4.69, 9.17) is 4.74 Å². The molecule has 0 saturated heterocycles. The molecule has 1 aromatic heterocycles. The quantitative estimate of drug-likeness (QED) is 0.444. The maximum Gasteiger partial charge on any atom is 0.237 e. The second-order valence-electron chi connectivity index (χ2n) is 6.24. The van der Waals surface area contributed by atoms with Crippen LogP contribution in [0.25, 0.3) is 0 Å². The Hall–Kier alpha value is -3.11. The Bertz CT molecular complexity index is 1020. The Morgan fingerprint density at radius 1 is 1.03 bits per heavy atom. The smallest absolute Gasteiger partial charge is 0.237 e. The van der Waals surface area contributed by atoms with Crippen molar-refractivity contribution in [2.75, 3.05) is 23.1 Å². The van der Waals surface area contributed by atoms with Crippen LogP contribution in [0.1, 0.15) is 13.8 Å². The van der Waals surface area contributed by atoms with Gasteiger partial charge < -0.3 is 20.7 Å². The second-order valence-corrected chi connectivity index (χ2v) is 8.80. The van der Waals surface area contributed by atoms with Gasteiger partial charge >= 0.3 is 0 Å². The van der Waals surface area contributed by atoms with Crippen molar-refractivity contribution in [3.05, 3.63) is 48.5 Å². The molecule has 3 aromatic rings. The molecule has 0 spiro atoms. The molecule has 8 nitrogen and oxygen atoms in total. The number of rotatable bonds is 8. The fraction of sp³-hybridized carbons (Fsp3) is 0.200. The lowest BCUT2D eigenvalue weighted by Crippen LogP contribution is -2.22. The summed E-state index contributed by atoms with van der Waals surface area (Å²) in [6.07, 6.45) is 0. The molecule has 0 unspecified atom stereocenters. The largest absolute Gasteiger partial charge is 0.497 e. The van der Waals surface area contributed by atoms with Gasteiger partial charge in [0.05, 0.1) is 12.4 Å². The molecule has 156 valence electrons. The summed E-state index contributed by atoms with van der Waals surface area (Å²) in [5, 5.41) is 17.3. The molecule has 1 atom stereocenters. The first-order chi connectivity index (χ1) is 14.4. The number of benzene rings is 2. The molecule has 0 aliphatic rings. The normalized spacial score (nSPS) is 11.4. The van der Waals surface area contributed by atoms with E-state index in [1.54, 1.807) is 31.4 Å². The van der Waals surface area contributed by atoms with E-state index >= 15 is 0 Å². The lowest BCUT2D eigenvalue weighted by molar-refractivity contribution is -0.115. The Kier molecular flexibility index (Phi) is 7.26. The van der Waals surface area contributed by atoms with E-state index in [1.165, 1.54) is 30.0 Å². The van der Waals surface area contributed by atoms with Crippen LogP contribution in [0.15, 0.2) is 52.9 Å². The van der Waals surface area contributed by atoms with E-state index in [2.05, 4.69) is 26.1 Å². The van der Waals surface area contributed by atoms with Crippen molar-refractivity contribution in [2.24, 2.45) is 0 Å². The van der Waals surface area contributed by atoms with Crippen molar-refractivity contribution in [2.45, 2.75) is 23.4 Å². The summed E-state index contributed by atoms with van der Waals surface area (Å²) >= 11 is 2.70. The number of aromatic nitrogens is 2. The molecule has 3 N–H and O–H groups in total. The van der Waals surface area contributed by atoms with Crippen LogP contribution in [0.2, 0.25) is 0 Å². The highest BCUT2D eigenvalue weighted by Gasteiger charge is 2.17. The molecule has 1 heterocycles. The number of nitrogens with one attached hydrogen (secondary N) is 3. The highest BCUT2D eigenvalue weighted by Crippen LogP contribution is 2.31. The molecule has 0 aliphatic heterocycles. The average molecular weight is 444 g/mol. The van der Waals surface area contributed by atoms with E-state index in [-0.39, 0.29) is 17.1 Å². The number of methoxy groups -OCH3 is 1. The Morgan fingerprint density at radius 2 is 1.73 bits per heavy atom. The van der Waals surface area contributed by atoms with Gasteiger partial charge in [0.15, 0.2) is 4.34 Å². The zero-order chi connectivity index (χ0) is 21.5. The molecule has 3 rings (SSSR count). The minimum atomic E-state index is -0.363. The van der Waals surface area contributed by atoms with Gasteiger partial charge in [-0.2, -0.15) is 0 Å². The van der Waals surface area contributed by atoms with Crippen molar-refractivity contribution in [1.29, 1.82) is 0 Å². The topological polar surface area (TPSA) is 105 Å². The number of carbonyl (C=O) groups is 2. The van der Waals surface area contributed by atoms with Gasteiger partial charge in [0.25, 0.3) is 0 Å². The van der Waals surface area contributed by atoms with Crippen LogP contribution in [0.5, 0.6) is 5.75 Å². The molecular weight excluding hydrogens is 422 g/mol. The third-order valence-corrected chi connectivity index (χ3v) is 5.87. The molecule has 0 bridgehead atoms. The summed E-state index contributed by atoms with van der Waals surface area (Å²) < 4.78 is 5.89. The van der Waals surface area contributed by atoms with Crippen molar-refractivity contribution < 1.29 is 14.3 Å². The Labute approximate surface area is 182 Å². The standard InChI is InChI=1S/C20H21N5O3S2/c1-12(18(27)22-15-9-7-14(8-10-15)21-13(2)26)29-20-25-24-19(30-20)23-16-5-4-6-17(11-16)28-3/h4-12H,1-3H3,(H,21,26)(H,22,27)(H,23,24)/t12-/m1/s1. The van der Waals surface area contributed by atoms with Crippen LogP contribution in [-0.2, 0) is 9.59 Å². The molecular formula is C20H21N5O3S2. The SMILES string of the molecule is COc1cccc(Nc2nnc(S[C@H](C)C(=O)Nc3ccc(NC(C)=O)cc3)s2)c1. The first kappa shape index (κ1) is 21.6. The predicted molar refractivity (Wildman–Crippen MR) is 121 cm³/mol. The zero-order valence-electron chi connectivity index (χ0n) is 16.6. The molecule has 0 saturated carbocycles. The first-order valence-corrected chi connectivity index (χ1v) is 10.7. The van der Waals surface area contributed by atoms with Crippen LogP contribution < -0.4 is 20.7 Å². The Morgan fingerprint density at radius 3 is 2.40 bits per heavy atom. The van der Waals surface area contributed by atoms with Gasteiger partial charge in [-0.25, -0.2) is 0 Å². The van der Waals surface area contributed by atoms with Gasteiger partial charge in [0.2, 0.25) is 16.9 Å². The third-order valence-electron chi connectivity index (χ3n) is 3.85. The number of anilines is 4. The number of nitrogens with zero attached hydrogens (tertiary/aromatic N) is 2. The van der Waals surface area contributed by atoms with Gasteiger partial charge in [-0.15, -0.1) is 10.2 Å². The fourth-order valence-electron chi connectivity index (χ4n) is 2.42. The van der Waals surface area contributed by atoms with Crippen LogP contribution in [0, 0.1) is 0 Å². The average Bonchev–Trinajstić information content (AvgIpc) is 3.15. The van der Waals surface area contributed by atoms with Crippen molar-refractivity contribution in [3.8, 4) is 5.75 Å². The summed E-state index contributed by atoms with van der Waals surface area (Å²) in [6.45, 7) is 3.25. The highest BCUT2D eigenvalue weighted by atomic mass is 32.2. The van der Waals surface area contributed by atoms with E-state index in [0.29, 0.717) is 20.8 Å². The second kappa shape index (κ2) is 10.1. The van der Waals surface area contributed by atoms with Gasteiger partial charge in [-0.1, -0.05) is 29.2 Å². The highest BCUT2D eigenvalue weighted by molar-refractivity contribution is 8.02. The maximum absolute atomic E-state index is 12.5. The number of hydrogen-bond acceptors (Lipinski definition) is 8. The fourth-order valence-corrected chi connectivity index (χ4v) is 4.34. The Balaban J connectivity index is 1.54. The predicted octanol–water partition coefficient (Wildman–Crippen LogP) is 4.37. The van der Waals surface area contributed by atoms with Crippen LogP contribution >= 0.6 is 23.1 Å². The van der Waals surface area contributed by atoms with Gasteiger partial charge in [0.1, 0.15) is 5.75 Å². The van der Waals surface area contributed by atoms with Crippen molar-refractivity contribution in [3.63, 3.8) is 0 Å². The minimum absolute atomic E-state index is 0.144. The number of carbonyl (C=O) groups excluding carboxylic acids is 2. The summed E-state index contributed by atoms with van der Waals surface area (Å²) in [7, 11) is 1.61. The molecule has 2 aromatic carbocycles. The number of ether oxygens (including phenoxy) is 1. The monoisotopic (exact) mass is 443 g/mol. The zero-order valence-corrected chi connectivity index (χ0v) is 18.3. The summed E-state index contributed by atoms with van der Waals surface area (Å²) in [4.78, 5) is 23.5. The van der Waals surface area contributed by atoms with Crippen molar-refractivity contribution in [1.82, 2.24) is 10.2 Å². The van der Waals surface area contributed by atoms with E-state index < -0.39 is 0 Å². The van der Waals surface area contributed by atoms with Crippen LogP contribution in [-0.4, -0.2) is 34.4 Å². The van der Waals surface area contributed by atoms with Gasteiger partial charge in [-0.3, -0.25) is 9.59 Å². The summed E-state index contributed by atoms with van der Waals surface area (Å²) in [6, 6.07) is 14.5. The molecule has 10 heteroatoms. The third kappa shape index (κ3) is 6.19.